The second kappa shape index (κ2) is 4.95. The van der Waals surface area contributed by atoms with E-state index in [1.807, 2.05) is 41.8 Å². The van der Waals surface area contributed by atoms with Crippen molar-refractivity contribution in [3.8, 4) is 5.88 Å². The van der Waals surface area contributed by atoms with Crippen LogP contribution in [-0.2, 0) is 6.54 Å². The van der Waals surface area contributed by atoms with Crippen LogP contribution in [-0.4, -0.2) is 15.7 Å². The van der Waals surface area contributed by atoms with Gasteiger partial charge in [-0.05, 0) is 31.2 Å². The predicted octanol–water partition coefficient (Wildman–Crippen LogP) is 2.48. The van der Waals surface area contributed by atoms with Gasteiger partial charge in [-0.15, -0.1) is 0 Å². The summed E-state index contributed by atoms with van der Waals surface area (Å²) in [6.07, 6.45) is 0. The molecule has 0 radical (unpaired) electrons. The number of anilines is 2. The minimum Gasteiger partial charge on any atom is -0.493 e. The number of hydrogen-bond acceptors (Lipinski definition) is 3. The van der Waals surface area contributed by atoms with Crippen molar-refractivity contribution in [3.63, 3.8) is 0 Å². The van der Waals surface area contributed by atoms with Gasteiger partial charge in [0.2, 0.25) is 5.88 Å². The monoisotopic (exact) mass is 306 g/mol. The van der Waals surface area contributed by atoms with Crippen molar-refractivity contribution in [2.24, 2.45) is 9.98 Å². The van der Waals surface area contributed by atoms with E-state index in [-0.39, 0.29) is 5.88 Å². The van der Waals surface area contributed by atoms with Crippen molar-refractivity contribution in [3.05, 3.63) is 53.2 Å². The maximum absolute atomic E-state index is 11.2. The van der Waals surface area contributed by atoms with Crippen molar-refractivity contribution in [2.45, 2.75) is 13.5 Å². The largest absolute Gasteiger partial charge is 0.493 e. The molecule has 0 aliphatic carbocycles. The van der Waals surface area contributed by atoms with Gasteiger partial charge in [-0.1, -0.05) is 18.2 Å². The van der Waals surface area contributed by atoms with Crippen molar-refractivity contribution in [1.82, 2.24) is 4.57 Å². The topological polar surface area (TPSA) is 79.0 Å². The van der Waals surface area contributed by atoms with Crippen LogP contribution in [0.2, 0.25) is 0 Å². The zero-order chi connectivity index (χ0) is 16.0. The van der Waals surface area contributed by atoms with E-state index in [9.17, 15) is 9.90 Å². The van der Waals surface area contributed by atoms with Crippen molar-refractivity contribution >= 4 is 28.3 Å². The van der Waals surface area contributed by atoms with E-state index < -0.39 is 6.03 Å². The first-order valence-electron chi connectivity index (χ1n) is 7.36. The number of fused-ring (bicyclic) bond motifs is 2. The lowest BCUT2D eigenvalue weighted by Gasteiger charge is -2.06. The van der Waals surface area contributed by atoms with E-state index in [1.54, 1.807) is 12.1 Å². The third-order valence-electron chi connectivity index (χ3n) is 3.94. The van der Waals surface area contributed by atoms with Gasteiger partial charge in [-0.3, -0.25) is 0 Å². The highest BCUT2D eigenvalue weighted by Gasteiger charge is 2.15. The number of nitrogens with zero attached hydrogens (tertiary/aromatic N) is 3. The molecule has 0 bridgehead atoms. The standard InChI is InChI=1S/C17H14N4O2/c1-2-21-14-6-4-3-5-11(14)15(16(21)22)18-10-7-8-12-13(9-10)20-17(23)19-12/h3-9,18,22H,2H2,1H3. The Morgan fingerprint density at radius 2 is 1.91 bits per heavy atom. The Bertz CT molecular complexity index is 1070. The van der Waals surface area contributed by atoms with Crippen LogP contribution in [0.3, 0.4) is 0 Å². The van der Waals surface area contributed by atoms with E-state index in [2.05, 4.69) is 15.3 Å². The first kappa shape index (κ1) is 13.5. The number of nitrogens with one attached hydrogen (secondary N) is 1. The van der Waals surface area contributed by atoms with Gasteiger partial charge in [-0.25, -0.2) is 4.79 Å². The molecule has 0 saturated carbocycles. The van der Waals surface area contributed by atoms with Crippen LogP contribution in [0.25, 0.3) is 10.9 Å². The summed E-state index contributed by atoms with van der Waals surface area (Å²) in [5.41, 5.74) is 2.35. The molecule has 3 aromatic rings. The molecule has 1 aliphatic heterocycles. The molecule has 6 heteroatoms. The summed E-state index contributed by atoms with van der Waals surface area (Å²) < 4.78 is 1.84. The second-order valence-corrected chi connectivity index (χ2v) is 5.29. The lowest BCUT2D eigenvalue weighted by atomic mass is 10.2. The lowest BCUT2D eigenvalue weighted by molar-refractivity contribution is 0.256. The summed E-state index contributed by atoms with van der Waals surface area (Å²) in [6.45, 7) is 2.65. The quantitative estimate of drug-likeness (QED) is 0.780. The summed E-state index contributed by atoms with van der Waals surface area (Å²) in [4.78, 5) is 18.9. The Morgan fingerprint density at radius 3 is 2.74 bits per heavy atom. The molecule has 0 atom stereocenters. The van der Waals surface area contributed by atoms with E-state index >= 15 is 0 Å². The van der Waals surface area contributed by atoms with E-state index in [4.69, 9.17) is 0 Å². The molecule has 2 aromatic carbocycles. The maximum Gasteiger partial charge on any atom is 0.368 e. The van der Waals surface area contributed by atoms with E-state index in [0.29, 0.717) is 22.9 Å². The number of benzene rings is 2. The minimum absolute atomic E-state index is 0.187. The van der Waals surface area contributed by atoms with Crippen molar-refractivity contribution in [1.29, 1.82) is 0 Å². The molecule has 0 unspecified atom stereocenters. The van der Waals surface area contributed by atoms with Gasteiger partial charge < -0.3 is 15.0 Å². The predicted molar refractivity (Wildman–Crippen MR) is 86.7 cm³/mol. The average molecular weight is 306 g/mol. The normalized spacial score (nSPS) is 12.8. The third kappa shape index (κ3) is 2.07. The number of urea groups is 1. The molecule has 23 heavy (non-hydrogen) atoms. The number of para-hydroxylation sites is 1. The summed E-state index contributed by atoms with van der Waals surface area (Å²) >= 11 is 0. The fourth-order valence-electron chi connectivity index (χ4n) is 2.89. The zero-order valence-corrected chi connectivity index (χ0v) is 12.4. The number of aromatic hydroxyl groups is 1. The molecule has 2 amide bonds. The highest BCUT2D eigenvalue weighted by atomic mass is 16.3. The van der Waals surface area contributed by atoms with Crippen LogP contribution < -0.4 is 16.0 Å². The molecule has 1 aliphatic rings. The van der Waals surface area contributed by atoms with Crippen LogP contribution in [0.1, 0.15) is 6.92 Å². The van der Waals surface area contributed by atoms with Gasteiger partial charge >= 0.3 is 6.03 Å². The maximum atomic E-state index is 11.2. The molecule has 2 N–H and O–H groups in total. The van der Waals surface area contributed by atoms with Crippen LogP contribution in [0.5, 0.6) is 5.88 Å². The van der Waals surface area contributed by atoms with Gasteiger partial charge in [0.15, 0.2) is 0 Å². The molecule has 6 nitrogen and oxygen atoms in total. The Balaban J connectivity index is 1.85. The highest BCUT2D eigenvalue weighted by molar-refractivity contribution is 5.98. The van der Waals surface area contributed by atoms with Gasteiger partial charge in [0.05, 0.1) is 16.2 Å². The summed E-state index contributed by atoms with van der Waals surface area (Å²) in [5, 5.41) is 15.8. The van der Waals surface area contributed by atoms with Crippen LogP contribution in [0.4, 0.5) is 16.2 Å². The van der Waals surface area contributed by atoms with Gasteiger partial charge in [0.25, 0.3) is 0 Å². The third-order valence-corrected chi connectivity index (χ3v) is 3.94. The molecule has 0 spiro atoms. The average Bonchev–Trinajstić information content (AvgIpc) is 3.04. The second-order valence-electron chi connectivity index (χ2n) is 5.29. The SMILES string of the molecule is CCn1c(O)c(Nc2ccc3c(c2)=NC(=O)N=3)c2ccccc21. The molecule has 114 valence electrons. The molecule has 0 fully saturated rings. The fourth-order valence-corrected chi connectivity index (χ4v) is 2.89. The number of amides is 2. The molecule has 0 saturated heterocycles. The van der Waals surface area contributed by atoms with Gasteiger partial charge in [0.1, 0.15) is 5.69 Å². The molecular weight excluding hydrogens is 292 g/mol. The Morgan fingerprint density at radius 1 is 1.13 bits per heavy atom. The Kier molecular flexibility index (Phi) is 2.90. The number of hydrogen-bond donors (Lipinski definition) is 2. The first-order chi connectivity index (χ1) is 11.2. The van der Waals surface area contributed by atoms with E-state index in [1.165, 1.54) is 0 Å². The van der Waals surface area contributed by atoms with E-state index in [0.717, 1.165) is 16.6 Å². The zero-order valence-electron chi connectivity index (χ0n) is 12.4. The van der Waals surface area contributed by atoms with Gasteiger partial charge in [-0.2, -0.15) is 9.98 Å². The van der Waals surface area contributed by atoms with Gasteiger partial charge in [0, 0.05) is 17.6 Å². The van der Waals surface area contributed by atoms with Crippen molar-refractivity contribution < 1.29 is 9.90 Å². The number of carbonyl (C=O) groups excluding carboxylic acids is 1. The molecule has 1 aromatic heterocycles. The van der Waals surface area contributed by atoms with Crippen molar-refractivity contribution in [2.75, 3.05) is 5.32 Å². The highest BCUT2D eigenvalue weighted by Crippen LogP contribution is 2.37. The van der Waals surface area contributed by atoms with Crippen LogP contribution in [0.15, 0.2) is 52.4 Å². The summed E-state index contributed by atoms with van der Waals surface area (Å²) in [7, 11) is 0. The number of aryl methyl sites for hydroxylation is 1. The summed E-state index contributed by atoms with van der Waals surface area (Å²) in [5.74, 6) is 0.187. The Labute approximate surface area is 131 Å². The van der Waals surface area contributed by atoms with Crippen LogP contribution >= 0.6 is 0 Å². The fraction of sp³-hybridized carbons (Fsp3) is 0.118. The number of rotatable bonds is 3. The minimum atomic E-state index is -0.484. The first-order valence-corrected chi connectivity index (χ1v) is 7.36. The smallest absolute Gasteiger partial charge is 0.368 e. The molecule has 4 rings (SSSR count). The number of aromatic nitrogens is 1. The summed E-state index contributed by atoms with van der Waals surface area (Å²) in [6, 6.07) is 12.6. The number of carbonyl (C=O) groups is 1. The van der Waals surface area contributed by atoms with Crippen LogP contribution in [0, 0.1) is 0 Å². The molecule has 2 heterocycles. The Hall–Kier alpha value is -3.15. The lowest BCUT2D eigenvalue weighted by Crippen LogP contribution is -2.21. The molecular formula is C17H14N4O2.